The van der Waals surface area contributed by atoms with E-state index in [-0.39, 0.29) is 0 Å². The second kappa shape index (κ2) is 35.2. The zero-order chi connectivity index (χ0) is 24.9. The Labute approximate surface area is 197 Å². The third kappa shape index (κ3) is 80.8. The van der Waals surface area contributed by atoms with Crippen molar-refractivity contribution >= 4 is 43.9 Å². The zero-order valence-electron chi connectivity index (χ0n) is 20.0. The molecule has 0 spiro atoms. The van der Waals surface area contributed by atoms with Gasteiger partial charge < -0.3 is 0 Å². The van der Waals surface area contributed by atoms with Crippen molar-refractivity contribution in [3.8, 4) is 0 Å². The molecule has 0 aromatic rings. The van der Waals surface area contributed by atoms with Crippen LogP contribution in [-0.2, 0) is 27.3 Å². The van der Waals surface area contributed by atoms with Crippen molar-refractivity contribution in [2.45, 2.75) is 65.2 Å². The first-order valence-corrected chi connectivity index (χ1v) is 18.1. The van der Waals surface area contributed by atoms with Gasteiger partial charge in [-0.15, -0.1) is 9.05 Å². The van der Waals surface area contributed by atoms with Crippen LogP contribution in [0.5, 0.6) is 0 Å². The molecule has 0 saturated carbocycles. The van der Waals surface area contributed by atoms with E-state index in [2.05, 4.69) is 13.8 Å². The molecule has 31 heavy (non-hydrogen) atoms. The predicted molar refractivity (Wildman–Crippen MR) is 136 cm³/mol. The summed E-state index contributed by atoms with van der Waals surface area (Å²) in [5.74, 6) is 2.19. The molecule has 0 aromatic heterocycles. The fourth-order valence-corrected chi connectivity index (χ4v) is 3.32. The van der Waals surface area contributed by atoms with E-state index >= 15 is 0 Å². The highest BCUT2D eigenvalue weighted by Gasteiger charge is 2.05. The molecule has 0 amide bonds. The highest BCUT2D eigenvalue weighted by molar-refractivity contribution is 7.99. The lowest BCUT2D eigenvalue weighted by molar-refractivity contribution is 0.324. The van der Waals surface area contributed by atoms with Crippen LogP contribution in [-0.4, -0.2) is 61.2 Å². The van der Waals surface area contributed by atoms with Gasteiger partial charge in [-0.1, -0.05) is 52.4 Å². The van der Waals surface area contributed by atoms with Crippen LogP contribution in [0.1, 0.15) is 65.2 Å². The standard InChI is InChI=1S/C11H24O2PS.C5H12O2P.2CH3O2P/c1-3-4-5-6-7-8-10-15-11-9-13-14(2)12;1-3-4-5-7-8(2)6;2*1-4(2)3/h3-11H2,1-2H3;3-5H2,1-2H3;2*1H3/q2*+1;;/p+2. The van der Waals surface area contributed by atoms with E-state index in [9.17, 15) is 9.13 Å². The maximum Gasteiger partial charge on any atom is 0.504 e. The third-order valence-electron chi connectivity index (χ3n) is 2.91. The summed E-state index contributed by atoms with van der Waals surface area (Å²) in [6.45, 7) is 11.2. The highest BCUT2D eigenvalue weighted by Crippen LogP contribution is 2.16. The van der Waals surface area contributed by atoms with E-state index in [1.165, 1.54) is 57.6 Å². The average molecular weight is 545 g/mol. The topological polar surface area (TPSA) is 127 Å². The van der Waals surface area contributed by atoms with Crippen LogP contribution in [0.3, 0.4) is 0 Å². The van der Waals surface area contributed by atoms with Crippen LogP contribution in [0, 0.1) is 0 Å². The molecule has 0 aliphatic carbocycles. The minimum absolute atomic E-state index is 0.631. The van der Waals surface area contributed by atoms with Gasteiger partial charge in [0.2, 0.25) is 0 Å². The molecule has 0 aromatic carbocycles. The summed E-state index contributed by atoms with van der Waals surface area (Å²) in [6.07, 6.45) is 10.2. The lowest BCUT2D eigenvalue weighted by Crippen LogP contribution is -1.91. The smallest absolute Gasteiger partial charge is 0.161 e. The Kier molecular flexibility index (Phi) is 44.1. The first-order chi connectivity index (χ1) is 14.5. The zero-order valence-corrected chi connectivity index (χ0v) is 24.4. The molecule has 0 aliphatic rings. The van der Waals surface area contributed by atoms with Gasteiger partial charge in [0.05, 0.1) is 0 Å². The van der Waals surface area contributed by atoms with E-state index < -0.39 is 32.1 Å². The Morgan fingerprint density at radius 3 is 1.42 bits per heavy atom. The maximum absolute atomic E-state index is 10.6. The molecular weight excluding hydrogens is 500 g/mol. The van der Waals surface area contributed by atoms with Gasteiger partial charge in [-0.2, -0.15) is 21.5 Å². The van der Waals surface area contributed by atoms with Gasteiger partial charge in [-0.3, -0.25) is 0 Å². The van der Waals surface area contributed by atoms with E-state index in [1.54, 1.807) is 13.3 Å². The van der Waals surface area contributed by atoms with E-state index in [1.807, 2.05) is 11.8 Å². The van der Waals surface area contributed by atoms with Gasteiger partial charge in [-0.05, 0) is 36.9 Å². The number of thioether (sulfide) groups is 1. The monoisotopic (exact) mass is 544 g/mol. The summed E-state index contributed by atoms with van der Waals surface area (Å²) in [7, 11) is -6.50. The van der Waals surface area contributed by atoms with Crippen molar-refractivity contribution in [2.75, 3.05) is 51.4 Å². The Morgan fingerprint density at radius 1 is 0.613 bits per heavy atom. The lowest BCUT2D eigenvalue weighted by atomic mass is 10.1. The number of rotatable bonds is 15. The number of unbranched alkanes of at least 4 members (excludes halogenated alkanes) is 6. The normalized spacial score (nSPS) is 11.5. The molecule has 2 N–H and O–H groups in total. The Morgan fingerprint density at radius 2 is 1.00 bits per heavy atom. The van der Waals surface area contributed by atoms with Crippen molar-refractivity contribution in [3.63, 3.8) is 0 Å². The average Bonchev–Trinajstić information content (AvgIpc) is 2.63. The number of hydrogen-bond donors (Lipinski definition) is 2. The van der Waals surface area contributed by atoms with Crippen LogP contribution in [0.2, 0.25) is 0 Å². The quantitative estimate of drug-likeness (QED) is 0.161. The minimum Gasteiger partial charge on any atom is -0.161 e. The SMILES string of the molecule is CCCCCCCCSCCO[P+](C)=O.CCCCO[P+](C)=O.C[P+](=O)O.C[P+](=O)O. The van der Waals surface area contributed by atoms with E-state index in [0.717, 1.165) is 18.6 Å². The molecule has 0 aliphatic heterocycles. The molecule has 0 heterocycles. The lowest BCUT2D eigenvalue weighted by Gasteiger charge is -2.00. The molecule has 0 bridgehead atoms. The molecular formula is C18H44O8P4S+4. The first kappa shape index (κ1) is 38.8. The summed E-state index contributed by atoms with van der Waals surface area (Å²) in [6, 6.07) is 0. The molecule has 4 unspecified atom stereocenters. The Hall–Kier alpha value is 0.590. The Bertz CT molecular complexity index is 423. The molecule has 186 valence electrons. The largest absolute Gasteiger partial charge is 0.504 e. The number of hydrogen-bond acceptors (Lipinski definition) is 7. The second-order valence-corrected chi connectivity index (χ2v) is 11.6. The van der Waals surface area contributed by atoms with Crippen LogP contribution in [0.15, 0.2) is 0 Å². The van der Waals surface area contributed by atoms with Crippen LogP contribution in [0.4, 0.5) is 0 Å². The second-order valence-electron chi connectivity index (χ2n) is 6.21. The first-order valence-electron chi connectivity index (χ1n) is 10.4. The third-order valence-corrected chi connectivity index (χ3v) is 5.04. The van der Waals surface area contributed by atoms with Gasteiger partial charge in [0.1, 0.15) is 13.2 Å². The van der Waals surface area contributed by atoms with Crippen molar-refractivity contribution in [2.24, 2.45) is 0 Å². The summed E-state index contributed by atoms with van der Waals surface area (Å²) >= 11 is 1.91. The predicted octanol–water partition coefficient (Wildman–Crippen LogP) is 7.35. The highest BCUT2D eigenvalue weighted by atomic mass is 32.2. The molecule has 0 rings (SSSR count). The van der Waals surface area contributed by atoms with Crippen molar-refractivity contribution in [3.05, 3.63) is 0 Å². The van der Waals surface area contributed by atoms with Gasteiger partial charge in [-0.25, -0.2) is 0 Å². The molecule has 8 nitrogen and oxygen atoms in total. The van der Waals surface area contributed by atoms with Crippen molar-refractivity contribution < 1.29 is 37.1 Å². The minimum atomic E-state index is -1.87. The van der Waals surface area contributed by atoms with Gasteiger partial charge in [0, 0.05) is 5.75 Å². The summed E-state index contributed by atoms with van der Waals surface area (Å²) in [4.78, 5) is 15.1. The summed E-state index contributed by atoms with van der Waals surface area (Å²) < 4.78 is 48.9. The van der Waals surface area contributed by atoms with Crippen LogP contribution >= 0.6 is 43.9 Å². The maximum atomic E-state index is 10.6. The van der Waals surface area contributed by atoms with Crippen molar-refractivity contribution in [1.29, 1.82) is 0 Å². The fourth-order valence-electron chi connectivity index (χ4n) is 1.65. The van der Waals surface area contributed by atoms with Gasteiger partial charge in [0.15, 0.2) is 26.7 Å². The van der Waals surface area contributed by atoms with Crippen LogP contribution in [0.25, 0.3) is 0 Å². The Balaban J connectivity index is -0.000000189. The van der Waals surface area contributed by atoms with Crippen molar-refractivity contribution in [1.82, 2.24) is 0 Å². The van der Waals surface area contributed by atoms with E-state index in [4.69, 9.17) is 28.0 Å². The molecule has 0 saturated heterocycles. The summed E-state index contributed by atoms with van der Waals surface area (Å²) in [5, 5.41) is 0. The van der Waals surface area contributed by atoms with Crippen LogP contribution < -0.4 is 0 Å². The molecule has 0 fully saturated rings. The van der Waals surface area contributed by atoms with Gasteiger partial charge >= 0.3 is 32.1 Å². The molecule has 13 heteroatoms. The van der Waals surface area contributed by atoms with Gasteiger partial charge in [0.25, 0.3) is 0 Å². The summed E-state index contributed by atoms with van der Waals surface area (Å²) in [5.41, 5.74) is 0. The van der Waals surface area contributed by atoms with E-state index in [0.29, 0.717) is 13.2 Å². The fraction of sp³-hybridized carbons (Fsp3) is 1.00. The molecule has 0 radical (unpaired) electrons. The molecule has 4 atom stereocenters.